The molecule has 5 atom stereocenters. The van der Waals surface area contributed by atoms with Crippen molar-refractivity contribution in [2.24, 2.45) is 29.2 Å². The van der Waals surface area contributed by atoms with Gasteiger partial charge in [-0.15, -0.1) is 0 Å². The van der Waals surface area contributed by atoms with E-state index in [2.05, 4.69) is 16.0 Å². The van der Waals surface area contributed by atoms with Crippen LogP contribution in [0.2, 0.25) is 0 Å². The first-order valence-corrected chi connectivity index (χ1v) is 10.9. The normalized spacial score (nSPS) is 16.0. The van der Waals surface area contributed by atoms with Gasteiger partial charge in [0.05, 0.1) is 6.42 Å². The van der Waals surface area contributed by atoms with Gasteiger partial charge in [-0.2, -0.15) is 0 Å². The maximum Gasteiger partial charge on any atom is 0.305 e. The first kappa shape index (κ1) is 30.3. The Labute approximate surface area is 194 Å². The molecule has 190 valence electrons. The summed E-state index contributed by atoms with van der Waals surface area (Å²) in [5, 5.41) is 26.3. The lowest BCUT2D eigenvalue weighted by molar-refractivity contribution is -0.140. The van der Waals surface area contributed by atoms with Gasteiger partial charge in [0.15, 0.2) is 0 Å². The fourth-order valence-corrected chi connectivity index (χ4v) is 3.08. The SMILES string of the molecule is CC(C)CC(N)C(O)C(=O)NC(C(=O)NC(C(=O)NC(CC(=O)O)C(N)=O)C(C)C)C(C)C. The highest BCUT2D eigenvalue weighted by Crippen LogP contribution is 2.10. The molecule has 9 N–H and O–H groups in total. The number of aliphatic hydroxyl groups excluding tert-OH is 1. The van der Waals surface area contributed by atoms with Crippen molar-refractivity contribution in [3.63, 3.8) is 0 Å². The highest BCUT2D eigenvalue weighted by atomic mass is 16.4. The average Bonchev–Trinajstić information content (AvgIpc) is 2.66. The third-order valence-electron chi connectivity index (χ3n) is 4.95. The standard InChI is InChI=1S/C21H39N5O7/c1-9(2)7-12(22)17(29)21(33)26-16(11(5)6)20(32)25-15(10(3)4)19(31)24-13(18(23)30)8-14(27)28/h9-13,15-17,29H,7-8,22H2,1-6H3,(H2,23,30)(H,24,31)(H,25,32)(H,26,33)(H,27,28). The summed E-state index contributed by atoms with van der Waals surface area (Å²) in [5.74, 6) is -5.34. The lowest BCUT2D eigenvalue weighted by Crippen LogP contribution is -2.60. The summed E-state index contributed by atoms with van der Waals surface area (Å²) >= 11 is 0. The van der Waals surface area contributed by atoms with E-state index in [-0.39, 0.29) is 5.92 Å². The van der Waals surface area contributed by atoms with Crippen molar-refractivity contribution in [1.29, 1.82) is 0 Å². The number of aliphatic carboxylic acids is 1. The van der Waals surface area contributed by atoms with Crippen molar-refractivity contribution in [2.75, 3.05) is 0 Å². The zero-order valence-electron chi connectivity index (χ0n) is 20.1. The molecule has 12 heteroatoms. The number of carboxylic acid groups (broad SMARTS) is 1. The van der Waals surface area contributed by atoms with Crippen LogP contribution in [0.1, 0.15) is 54.4 Å². The molecule has 0 saturated carbocycles. The zero-order valence-corrected chi connectivity index (χ0v) is 20.1. The monoisotopic (exact) mass is 473 g/mol. The van der Waals surface area contributed by atoms with Crippen molar-refractivity contribution < 1.29 is 34.2 Å². The van der Waals surface area contributed by atoms with Gasteiger partial charge in [-0.3, -0.25) is 24.0 Å². The molecule has 0 aliphatic heterocycles. The van der Waals surface area contributed by atoms with Gasteiger partial charge in [-0.1, -0.05) is 41.5 Å². The summed E-state index contributed by atoms with van der Waals surface area (Å²) in [5.41, 5.74) is 11.0. The topological polar surface area (TPSA) is 214 Å². The molecule has 0 saturated heterocycles. The molecule has 0 radical (unpaired) electrons. The Morgan fingerprint density at radius 1 is 0.788 bits per heavy atom. The Balaban J connectivity index is 5.41. The van der Waals surface area contributed by atoms with Gasteiger partial charge in [0, 0.05) is 6.04 Å². The lowest BCUT2D eigenvalue weighted by Gasteiger charge is -2.29. The number of nitrogens with one attached hydrogen (secondary N) is 3. The van der Waals surface area contributed by atoms with E-state index in [1.54, 1.807) is 27.7 Å². The van der Waals surface area contributed by atoms with E-state index in [9.17, 15) is 29.1 Å². The van der Waals surface area contributed by atoms with Crippen LogP contribution in [-0.2, 0) is 24.0 Å². The van der Waals surface area contributed by atoms with Crippen molar-refractivity contribution >= 4 is 29.6 Å². The molecule has 33 heavy (non-hydrogen) atoms. The fourth-order valence-electron chi connectivity index (χ4n) is 3.08. The second-order valence-electron chi connectivity index (χ2n) is 9.26. The number of primary amides is 1. The Kier molecular flexibility index (Phi) is 12.6. The first-order chi connectivity index (χ1) is 15.1. The molecule has 0 aliphatic carbocycles. The van der Waals surface area contributed by atoms with Gasteiger partial charge in [-0.25, -0.2) is 0 Å². The summed E-state index contributed by atoms with van der Waals surface area (Å²) < 4.78 is 0. The van der Waals surface area contributed by atoms with E-state index in [1.807, 2.05) is 13.8 Å². The summed E-state index contributed by atoms with van der Waals surface area (Å²) in [6.45, 7) is 10.4. The van der Waals surface area contributed by atoms with Crippen LogP contribution in [0, 0.1) is 17.8 Å². The third-order valence-corrected chi connectivity index (χ3v) is 4.95. The second-order valence-corrected chi connectivity index (χ2v) is 9.26. The van der Waals surface area contributed by atoms with Crippen molar-refractivity contribution in [3.8, 4) is 0 Å². The number of nitrogens with two attached hydrogens (primary N) is 2. The van der Waals surface area contributed by atoms with Crippen LogP contribution < -0.4 is 27.4 Å². The summed E-state index contributed by atoms with van der Waals surface area (Å²) in [6.07, 6.45) is -1.82. The maximum absolute atomic E-state index is 12.9. The van der Waals surface area contributed by atoms with Crippen LogP contribution in [0.5, 0.6) is 0 Å². The number of hydrogen-bond acceptors (Lipinski definition) is 7. The summed E-state index contributed by atoms with van der Waals surface area (Å²) in [4.78, 5) is 60.4. The minimum atomic E-state index is -1.52. The second kappa shape index (κ2) is 13.7. The molecule has 0 aromatic carbocycles. The van der Waals surface area contributed by atoms with E-state index >= 15 is 0 Å². The van der Waals surface area contributed by atoms with E-state index < -0.39 is 78.1 Å². The maximum atomic E-state index is 12.9. The molecule has 0 aliphatic rings. The minimum absolute atomic E-state index is 0.155. The Morgan fingerprint density at radius 3 is 1.58 bits per heavy atom. The zero-order chi connectivity index (χ0) is 26.0. The molecular formula is C21H39N5O7. The van der Waals surface area contributed by atoms with Crippen molar-refractivity contribution in [2.45, 2.75) is 84.7 Å². The molecule has 0 bridgehead atoms. The number of carboxylic acids is 1. The summed E-state index contributed by atoms with van der Waals surface area (Å²) in [7, 11) is 0. The van der Waals surface area contributed by atoms with Crippen molar-refractivity contribution in [1.82, 2.24) is 16.0 Å². The predicted molar refractivity (Wildman–Crippen MR) is 120 cm³/mol. The molecule has 0 spiro atoms. The van der Waals surface area contributed by atoms with Gasteiger partial charge in [0.2, 0.25) is 17.7 Å². The number of carbonyl (C=O) groups excluding carboxylic acids is 4. The summed E-state index contributed by atoms with van der Waals surface area (Å²) in [6, 6.07) is -4.49. The van der Waals surface area contributed by atoms with Gasteiger partial charge in [-0.05, 0) is 24.2 Å². The Bertz CT molecular complexity index is 711. The smallest absolute Gasteiger partial charge is 0.305 e. The van der Waals surface area contributed by atoms with Crippen LogP contribution in [0.3, 0.4) is 0 Å². The largest absolute Gasteiger partial charge is 0.481 e. The Morgan fingerprint density at radius 2 is 1.21 bits per heavy atom. The molecule has 5 unspecified atom stereocenters. The number of carbonyl (C=O) groups is 5. The molecule has 0 aromatic rings. The van der Waals surface area contributed by atoms with E-state index in [4.69, 9.17) is 16.6 Å². The quantitative estimate of drug-likeness (QED) is 0.156. The molecule has 0 aromatic heterocycles. The van der Waals surface area contributed by atoms with E-state index in [0.717, 1.165) is 0 Å². The van der Waals surface area contributed by atoms with Crippen LogP contribution >= 0.6 is 0 Å². The number of rotatable bonds is 14. The highest BCUT2D eigenvalue weighted by Gasteiger charge is 2.34. The first-order valence-electron chi connectivity index (χ1n) is 10.9. The predicted octanol–water partition coefficient (Wildman–Crippen LogP) is -1.55. The average molecular weight is 474 g/mol. The number of aliphatic hydroxyl groups is 1. The molecule has 0 fully saturated rings. The van der Waals surface area contributed by atoms with Gasteiger partial charge >= 0.3 is 5.97 Å². The molecule has 0 rings (SSSR count). The van der Waals surface area contributed by atoms with Gasteiger partial charge < -0.3 is 37.6 Å². The van der Waals surface area contributed by atoms with Gasteiger partial charge in [0.25, 0.3) is 5.91 Å². The molecule has 0 heterocycles. The Hall–Kier alpha value is -2.73. The molecular weight excluding hydrogens is 434 g/mol. The minimum Gasteiger partial charge on any atom is -0.481 e. The fraction of sp³-hybridized carbons (Fsp3) is 0.762. The lowest BCUT2D eigenvalue weighted by atomic mass is 9.97. The molecule has 4 amide bonds. The van der Waals surface area contributed by atoms with E-state index in [1.165, 1.54) is 0 Å². The third kappa shape index (κ3) is 10.6. The van der Waals surface area contributed by atoms with Crippen molar-refractivity contribution in [3.05, 3.63) is 0 Å². The molecule has 12 nitrogen and oxygen atoms in total. The number of amides is 4. The van der Waals surface area contributed by atoms with Gasteiger partial charge in [0.1, 0.15) is 24.2 Å². The van der Waals surface area contributed by atoms with E-state index in [0.29, 0.717) is 6.42 Å². The number of hydrogen-bond donors (Lipinski definition) is 7. The van der Waals surface area contributed by atoms with Crippen LogP contribution in [0.4, 0.5) is 0 Å². The highest BCUT2D eigenvalue weighted by molar-refractivity contribution is 5.95. The van der Waals surface area contributed by atoms with Crippen LogP contribution in [0.25, 0.3) is 0 Å². The van der Waals surface area contributed by atoms with Crippen LogP contribution in [0.15, 0.2) is 0 Å². The van der Waals surface area contributed by atoms with Crippen LogP contribution in [-0.4, -0.2) is 70.1 Å².